The molecule has 1 aliphatic carbocycles. The highest BCUT2D eigenvalue weighted by molar-refractivity contribution is 5.96. The summed E-state index contributed by atoms with van der Waals surface area (Å²) in [6.45, 7) is 11.8. The Labute approximate surface area is 297 Å². The summed E-state index contributed by atoms with van der Waals surface area (Å²) in [6, 6.07) is 62.3. The molecule has 0 aromatic heterocycles. The van der Waals surface area contributed by atoms with Crippen LogP contribution in [0.3, 0.4) is 0 Å². The second-order valence-electron chi connectivity index (χ2n) is 15.0. The molecule has 0 atom stereocenters. The molecule has 7 aromatic carbocycles. The maximum atomic E-state index is 2.53. The van der Waals surface area contributed by atoms with Crippen LogP contribution in [-0.2, 0) is 10.8 Å². The van der Waals surface area contributed by atoms with Gasteiger partial charge >= 0.3 is 0 Å². The van der Waals surface area contributed by atoms with Gasteiger partial charge in [-0.2, -0.15) is 0 Å². The monoisotopic (exact) mass is 645 g/mol. The van der Waals surface area contributed by atoms with E-state index in [4.69, 9.17) is 0 Å². The van der Waals surface area contributed by atoms with Crippen LogP contribution in [0.1, 0.15) is 51.3 Å². The first-order chi connectivity index (χ1) is 24.2. The van der Waals surface area contributed by atoms with Crippen molar-refractivity contribution < 1.29 is 0 Å². The van der Waals surface area contributed by atoms with Crippen molar-refractivity contribution >= 4 is 17.1 Å². The van der Waals surface area contributed by atoms with E-state index in [1.54, 1.807) is 0 Å². The van der Waals surface area contributed by atoms with E-state index in [9.17, 15) is 0 Å². The van der Waals surface area contributed by atoms with E-state index in [1.165, 1.54) is 66.9 Å². The number of hydrogen-bond donors (Lipinski definition) is 0. The van der Waals surface area contributed by atoms with Crippen LogP contribution in [0.15, 0.2) is 170 Å². The molecule has 0 heterocycles. The third-order valence-electron chi connectivity index (χ3n) is 10.4. The standard InChI is InChI=1S/C49H43N/c1-48(2,3)46-40(36-19-11-7-12-20-36)31-32-41(37-21-13-8-14-22-37)47(46)50(38-27-25-35(26-28-38)34-17-9-6-10-18-34)39-29-30-43-42-23-15-16-24-44(42)49(4,5)45(43)33-39/h6-33H,1-5H3. The van der Waals surface area contributed by atoms with E-state index in [0.29, 0.717) is 0 Å². The smallest absolute Gasteiger partial charge is 0.0583 e. The van der Waals surface area contributed by atoms with Crippen molar-refractivity contribution in [3.05, 3.63) is 187 Å². The molecule has 1 aliphatic rings. The molecule has 0 amide bonds. The number of nitrogens with zero attached hydrogens (tertiary/aromatic N) is 1. The van der Waals surface area contributed by atoms with Gasteiger partial charge in [0.1, 0.15) is 0 Å². The molecule has 0 unspecified atom stereocenters. The van der Waals surface area contributed by atoms with E-state index in [-0.39, 0.29) is 10.8 Å². The zero-order valence-electron chi connectivity index (χ0n) is 29.6. The molecule has 0 saturated heterocycles. The second-order valence-corrected chi connectivity index (χ2v) is 15.0. The third-order valence-corrected chi connectivity index (χ3v) is 10.4. The Balaban J connectivity index is 1.44. The van der Waals surface area contributed by atoms with Crippen molar-refractivity contribution in [1.29, 1.82) is 0 Å². The molecule has 8 rings (SSSR count). The normalized spacial score (nSPS) is 13.1. The van der Waals surface area contributed by atoms with E-state index in [0.717, 1.165) is 11.4 Å². The number of fused-ring (bicyclic) bond motifs is 3. The molecule has 0 bridgehead atoms. The van der Waals surface area contributed by atoms with Crippen LogP contribution in [0.4, 0.5) is 17.1 Å². The predicted molar refractivity (Wildman–Crippen MR) is 214 cm³/mol. The number of hydrogen-bond acceptors (Lipinski definition) is 1. The molecule has 0 saturated carbocycles. The zero-order chi connectivity index (χ0) is 34.5. The van der Waals surface area contributed by atoms with Gasteiger partial charge in [-0.3, -0.25) is 0 Å². The van der Waals surface area contributed by atoms with Gasteiger partial charge in [0.05, 0.1) is 5.69 Å². The summed E-state index contributed by atoms with van der Waals surface area (Å²) in [5.74, 6) is 0. The number of rotatable bonds is 6. The van der Waals surface area contributed by atoms with E-state index < -0.39 is 0 Å². The van der Waals surface area contributed by atoms with Gasteiger partial charge in [0, 0.05) is 22.4 Å². The molecule has 50 heavy (non-hydrogen) atoms. The fourth-order valence-corrected chi connectivity index (χ4v) is 7.96. The Hall–Kier alpha value is -5.66. The maximum Gasteiger partial charge on any atom is 0.0583 e. The Bertz CT molecular complexity index is 2290. The van der Waals surface area contributed by atoms with E-state index >= 15 is 0 Å². The van der Waals surface area contributed by atoms with Gasteiger partial charge in [0.2, 0.25) is 0 Å². The lowest BCUT2D eigenvalue weighted by molar-refractivity contribution is 0.593. The van der Waals surface area contributed by atoms with Crippen molar-refractivity contribution in [2.24, 2.45) is 0 Å². The van der Waals surface area contributed by atoms with Gasteiger partial charge < -0.3 is 4.90 Å². The quantitative estimate of drug-likeness (QED) is 0.174. The van der Waals surface area contributed by atoms with Crippen molar-refractivity contribution in [3.63, 3.8) is 0 Å². The van der Waals surface area contributed by atoms with Crippen molar-refractivity contribution in [2.75, 3.05) is 4.90 Å². The number of anilines is 3. The Morgan fingerprint density at radius 1 is 0.400 bits per heavy atom. The Morgan fingerprint density at radius 3 is 1.48 bits per heavy atom. The molecule has 0 aliphatic heterocycles. The predicted octanol–water partition coefficient (Wildman–Crippen LogP) is 13.8. The van der Waals surface area contributed by atoms with E-state index in [2.05, 4.69) is 209 Å². The number of benzene rings is 7. The summed E-state index contributed by atoms with van der Waals surface area (Å²) in [4.78, 5) is 2.53. The van der Waals surface area contributed by atoms with Gasteiger partial charge in [0.25, 0.3) is 0 Å². The van der Waals surface area contributed by atoms with Crippen molar-refractivity contribution in [2.45, 2.75) is 45.4 Å². The van der Waals surface area contributed by atoms with E-state index in [1.807, 2.05) is 0 Å². The molecule has 0 radical (unpaired) electrons. The first-order valence-electron chi connectivity index (χ1n) is 17.7. The lowest BCUT2D eigenvalue weighted by Crippen LogP contribution is -2.22. The average Bonchev–Trinajstić information content (AvgIpc) is 3.38. The fourth-order valence-electron chi connectivity index (χ4n) is 7.96. The molecular formula is C49H43N. The molecule has 0 fully saturated rings. The first kappa shape index (κ1) is 31.6. The average molecular weight is 646 g/mol. The van der Waals surface area contributed by atoms with Crippen LogP contribution < -0.4 is 4.90 Å². The van der Waals surface area contributed by atoms with Gasteiger partial charge in [-0.05, 0) is 85.3 Å². The lowest BCUT2D eigenvalue weighted by atomic mass is 9.78. The van der Waals surface area contributed by atoms with Gasteiger partial charge in [-0.1, -0.05) is 180 Å². The molecule has 0 spiro atoms. The van der Waals surface area contributed by atoms with Crippen molar-refractivity contribution in [1.82, 2.24) is 0 Å². The van der Waals surface area contributed by atoms with Crippen molar-refractivity contribution in [3.8, 4) is 44.5 Å². The molecule has 7 aromatic rings. The van der Waals surface area contributed by atoms with Gasteiger partial charge in [-0.25, -0.2) is 0 Å². The summed E-state index contributed by atoms with van der Waals surface area (Å²) < 4.78 is 0. The molecular weight excluding hydrogens is 603 g/mol. The van der Waals surface area contributed by atoms with Crippen LogP contribution in [0.5, 0.6) is 0 Å². The Morgan fingerprint density at radius 2 is 0.860 bits per heavy atom. The minimum absolute atomic E-state index is 0.119. The van der Waals surface area contributed by atoms with Crippen LogP contribution in [0.25, 0.3) is 44.5 Å². The van der Waals surface area contributed by atoms with Crippen LogP contribution in [-0.4, -0.2) is 0 Å². The highest BCUT2D eigenvalue weighted by Crippen LogP contribution is 2.53. The second kappa shape index (κ2) is 12.3. The fraction of sp³-hybridized carbons (Fsp3) is 0.143. The highest BCUT2D eigenvalue weighted by atomic mass is 15.1. The summed E-state index contributed by atoms with van der Waals surface area (Å²) in [6.07, 6.45) is 0. The summed E-state index contributed by atoms with van der Waals surface area (Å²) in [7, 11) is 0. The molecule has 1 heteroatoms. The largest absolute Gasteiger partial charge is 0.310 e. The topological polar surface area (TPSA) is 3.24 Å². The highest BCUT2D eigenvalue weighted by Gasteiger charge is 2.37. The maximum absolute atomic E-state index is 2.53. The minimum atomic E-state index is -0.181. The minimum Gasteiger partial charge on any atom is -0.310 e. The summed E-state index contributed by atoms with van der Waals surface area (Å²) >= 11 is 0. The summed E-state index contributed by atoms with van der Waals surface area (Å²) in [5, 5.41) is 0. The lowest BCUT2D eigenvalue weighted by Gasteiger charge is -2.36. The molecule has 1 nitrogen and oxygen atoms in total. The van der Waals surface area contributed by atoms with Gasteiger partial charge in [0.15, 0.2) is 0 Å². The molecule has 0 N–H and O–H groups in total. The summed E-state index contributed by atoms with van der Waals surface area (Å²) in [5.41, 5.74) is 17.3. The van der Waals surface area contributed by atoms with Gasteiger partial charge in [-0.15, -0.1) is 0 Å². The van der Waals surface area contributed by atoms with Crippen LogP contribution >= 0.6 is 0 Å². The van der Waals surface area contributed by atoms with Crippen LogP contribution in [0.2, 0.25) is 0 Å². The molecule has 244 valence electrons. The SMILES string of the molecule is CC(C)(C)c1c(-c2ccccc2)ccc(-c2ccccc2)c1N(c1ccc(-c2ccccc2)cc1)c1ccc2c(c1)C(C)(C)c1ccccc1-2. The third kappa shape index (κ3) is 5.44. The zero-order valence-corrected chi connectivity index (χ0v) is 29.6. The first-order valence-corrected chi connectivity index (χ1v) is 17.7. The van der Waals surface area contributed by atoms with Crippen LogP contribution in [0, 0.1) is 0 Å². The Kier molecular flexibility index (Phi) is 7.80.